The lowest BCUT2D eigenvalue weighted by molar-refractivity contribution is -0.873. The van der Waals surface area contributed by atoms with Gasteiger partial charge in [-0.2, -0.15) is 0 Å². The van der Waals surface area contributed by atoms with Crippen LogP contribution in [0, 0.1) is 0 Å². The molecule has 0 aromatic heterocycles. The Morgan fingerprint density at radius 3 is 2.15 bits per heavy atom. The molecule has 0 bridgehead atoms. The van der Waals surface area contributed by atoms with Crippen molar-refractivity contribution in [2.45, 2.75) is 77.2 Å². The molecule has 0 rings (SSSR count). The first-order valence-corrected chi connectivity index (χ1v) is 10.3. The first-order chi connectivity index (χ1) is 12.7. The van der Waals surface area contributed by atoms with E-state index in [4.69, 9.17) is 4.74 Å². The zero-order valence-electron chi connectivity index (χ0n) is 17.7. The zero-order chi connectivity index (χ0) is 20.5. The number of unbranched alkanes of at least 4 members (excludes halogenated alkanes) is 7. The van der Waals surface area contributed by atoms with E-state index in [0.717, 1.165) is 6.42 Å². The van der Waals surface area contributed by atoms with Crippen molar-refractivity contribution < 1.29 is 23.9 Å². The second-order valence-electron chi connectivity index (χ2n) is 8.13. The van der Waals surface area contributed by atoms with Crippen LogP contribution in [-0.4, -0.2) is 50.2 Å². The molecule has 0 radical (unpaired) electrons. The van der Waals surface area contributed by atoms with Gasteiger partial charge in [0.15, 0.2) is 6.10 Å². The smallest absolute Gasteiger partial charge is 0.310 e. The number of rotatable bonds is 16. The molecule has 1 unspecified atom stereocenters. The maximum atomic E-state index is 11.9. The van der Waals surface area contributed by atoms with Gasteiger partial charge in [0.1, 0.15) is 6.54 Å². The highest BCUT2D eigenvalue weighted by Crippen LogP contribution is 2.09. The lowest BCUT2D eigenvalue weighted by Gasteiger charge is -2.29. The molecule has 5 nitrogen and oxygen atoms in total. The predicted molar refractivity (Wildman–Crippen MR) is 108 cm³/mol. The number of aliphatic carboxylic acids is 1. The number of hydrogen-bond acceptors (Lipinski definition) is 4. The molecule has 0 amide bonds. The van der Waals surface area contributed by atoms with Crippen molar-refractivity contribution in [1.82, 2.24) is 0 Å². The average molecular weight is 382 g/mol. The molecule has 156 valence electrons. The van der Waals surface area contributed by atoms with Gasteiger partial charge in [-0.1, -0.05) is 69.8 Å². The maximum Gasteiger partial charge on any atom is 0.310 e. The highest BCUT2D eigenvalue weighted by atomic mass is 16.5. The number of nitrogens with zero attached hydrogens (tertiary/aromatic N) is 1. The van der Waals surface area contributed by atoms with E-state index in [2.05, 4.69) is 13.0 Å². The highest BCUT2D eigenvalue weighted by molar-refractivity contribution is 5.72. The Kier molecular flexibility index (Phi) is 14.5. The fourth-order valence-corrected chi connectivity index (χ4v) is 2.81. The topological polar surface area (TPSA) is 66.4 Å². The fraction of sp³-hybridized carbons (Fsp3) is 0.727. The summed E-state index contributed by atoms with van der Waals surface area (Å²) in [4.78, 5) is 22.7. The van der Waals surface area contributed by atoms with E-state index in [9.17, 15) is 14.7 Å². The summed E-state index contributed by atoms with van der Waals surface area (Å²) in [6, 6.07) is 0. The summed E-state index contributed by atoms with van der Waals surface area (Å²) in [5.41, 5.74) is 0. The van der Waals surface area contributed by atoms with Gasteiger partial charge in [0.05, 0.1) is 27.6 Å². The quantitative estimate of drug-likeness (QED) is 0.178. The number of carboxylic acids is 1. The minimum Gasteiger partial charge on any atom is -0.550 e. The Labute approximate surface area is 165 Å². The number of quaternary nitrogens is 1. The van der Waals surface area contributed by atoms with Crippen molar-refractivity contribution in [1.29, 1.82) is 0 Å². The molecule has 0 aliphatic rings. The van der Waals surface area contributed by atoms with Crippen LogP contribution in [0.5, 0.6) is 0 Å². The van der Waals surface area contributed by atoms with Gasteiger partial charge >= 0.3 is 5.97 Å². The lowest BCUT2D eigenvalue weighted by Crippen LogP contribution is -2.45. The first-order valence-electron chi connectivity index (χ1n) is 10.3. The molecule has 0 saturated heterocycles. The third-order valence-electron chi connectivity index (χ3n) is 4.09. The van der Waals surface area contributed by atoms with Gasteiger partial charge < -0.3 is 19.1 Å². The van der Waals surface area contributed by atoms with Crippen molar-refractivity contribution >= 4 is 11.9 Å². The van der Waals surface area contributed by atoms with Crippen LogP contribution in [-0.2, 0) is 14.3 Å². The van der Waals surface area contributed by atoms with Crippen molar-refractivity contribution in [2.24, 2.45) is 0 Å². The number of allylic oxidation sites excluding steroid dienone is 3. The molecule has 5 heteroatoms. The van der Waals surface area contributed by atoms with Crippen LogP contribution in [0.25, 0.3) is 0 Å². The number of likely N-dealkylation sites (N-methyl/N-ethyl adjacent to an activating group) is 1. The van der Waals surface area contributed by atoms with Crippen LogP contribution in [0.15, 0.2) is 24.3 Å². The van der Waals surface area contributed by atoms with E-state index >= 15 is 0 Å². The van der Waals surface area contributed by atoms with E-state index in [0.29, 0.717) is 11.0 Å². The van der Waals surface area contributed by atoms with Crippen molar-refractivity contribution in [3.8, 4) is 0 Å². The Hall–Kier alpha value is -1.62. The number of carbonyl (C=O) groups excluding carboxylic acids is 2. The van der Waals surface area contributed by atoms with Gasteiger partial charge in [-0.3, -0.25) is 4.79 Å². The molecule has 27 heavy (non-hydrogen) atoms. The number of ether oxygens (including phenoxy) is 1. The van der Waals surface area contributed by atoms with Gasteiger partial charge in [-0.05, 0) is 12.8 Å². The van der Waals surface area contributed by atoms with Crippen LogP contribution in [0.2, 0.25) is 0 Å². The molecule has 0 spiro atoms. The number of carboxylic acid groups (broad SMARTS) is 1. The second-order valence-corrected chi connectivity index (χ2v) is 8.13. The number of esters is 1. The van der Waals surface area contributed by atoms with Gasteiger partial charge in [-0.25, -0.2) is 0 Å². The minimum absolute atomic E-state index is 0.141. The molecule has 0 aromatic rings. The summed E-state index contributed by atoms with van der Waals surface area (Å²) >= 11 is 0. The Bertz CT molecular complexity index is 463. The number of hydrogen-bond donors (Lipinski definition) is 0. The van der Waals surface area contributed by atoms with E-state index in [1.165, 1.54) is 44.9 Å². The third kappa shape index (κ3) is 19.0. The van der Waals surface area contributed by atoms with Crippen LogP contribution in [0.3, 0.4) is 0 Å². The first kappa shape index (κ1) is 25.4. The Morgan fingerprint density at radius 1 is 0.963 bits per heavy atom. The monoisotopic (exact) mass is 381 g/mol. The number of carbonyl (C=O) groups is 2. The summed E-state index contributed by atoms with van der Waals surface area (Å²) in [5.74, 6) is -1.61. The van der Waals surface area contributed by atoms with E-state index in [1.807, 2.05) is 33.3 Å². The lowest BCUT2D eigenvalue weighted by atomic mass is 10.1. The third-order valence-corrected chi connectivity index (χ3v) is 4.09. The van der Waals surface area contributed by atoms with Crippen molar-refractivity contribution in [3.63, 3.8) is 0 Å². The van der Waals surface area contributed by atoms with Gasteiger partial charge in [0, 0.05) is 12.4 Å². The largest absolute Gasteiger partial charge is 0.550 e. The van der Waals surface area contributed by atoms with Crippen molar-refractivity contribution in [2.75, 3.05) is 27.7 Å². The molecule has 1 atom stereocenters. The van der Waals surface area contributed by atoms with Crippen LogP contribution >= 0.6 is 0 Å². The Balaban J connectivity index is 3.95. The van der Waals surface area contributed by atoms with E-state index < -0.39 is 18.0 Å². The average Bonchev–Trinajstić information content (AvgIpc) is 2.53. The highest BCUT2D eigenvalue weighted by Gasteiger charge is 2.21. The maximum absolute atomic E-state index is 11.9. The summed E-state index contributed by atoms with van der Waals surface area (Å²) < 4.78 is 5.80. The molecule has 0 aromatic carbocycles. The molecule has 0 fully saturated rings. The molecular formula is C22H39NO4. The minimum atomic E-state index is -1.20. The zero-order valence-corrected chi connectivity index (χ0v) is 17.7. The van der Waals surface area contributed by atoms with Crippen molar-refractivity contribution in [3.05, 3.63) is 24.3 Å². The summed E-state index contributed by atoms with van der Waals surface area (Å²) in [6.07, 6.45) is 17.0. The molecule has 0 aliphatic heterocycles. The standard InChI is InChI=1S/C22H39NO4/c1-5-6-7-8-9-10-11-12-13-14-15-16-17-22(26)27-20(18-21(24)25)19-23(2,3)4/h13-16,20H,5-12,17-19H2,1-4H3/b14-13+,16-15+. The van der Waals surface area contributed by atoms with Crippen LogP contribution in [0.4, 0.5) is 0 Å². The predicted octanol–water partition coefficient (Wildman–Crippen LogP) is 3.39. The molecule has 0 heterocycles. The van der Waals surface area contributed by atoms with Gasteiger partial charge in [0.2, 0.25) is 0 Å². The summed E-state index contributed by atoms with van der Waals surface area (Å²) in [6.45, 7) is 2.66. The Morgan fingerprint density at radius 2 is 1.56 bits per heavy atom. The molecule has 0 saturated carbocycles. The van der Waals surface area contributed by atoms with Gasteiger partial charge in [-0.15, -0.1) is 0 Å². The normalized spacial score (nSPS) is 13.3. The van der Waals surface area contributed by atoms with Crippen LogP contribution in [0.1, 0.15) is 71.1 Å². The van der Waals surface area contributed by atoms with Crippen LogP contribution < -0.4 is 5.11 Å². The molecular weight excluding hydrogens is 342 g/mol. The molecule has 0 aliphatic carbocycles. The molecule has 0 N–H and O–H groups in total. The SMILES string of the molecule is CCCCCCCCC/C=C/C=C/CC(=O)OC(CC(=O)[O-])C[N+](C)(C)C. The second kappa shape index (κ2) is 15.4. The fourth-order valence-electron chi connectivity index (χ4n) is 2.81. The van der Waals surface area contributed by atoms with E-state index in [1.54, 1.807) is 6.08 Å². The summed E-state index contributed by atoms with van der Waals surface area (Å²) in [7, 11) is 5.77. The van der Waals surface area contributed by atoms with Gasteiger partial charge in [0.25, 0.3) is 0 Å². The van der Waals surface area contributed by atoms with E-state index in [-0.39, 0.29) is 12.8 Å². The summed E-state index contributed by atoms with van der Waals surface area (Å²) in [5, 5.41) is 10.8.